The lowest BCUT2D eigenvalue weighted by molar-refractivity contribution is 0.0203. The summed E-state index contributed by atoms with van der Waals surface area (Å²) in [5.41, 5.74) is 5.85. The standard InChI is InChI=1S/C32H41N5O3/c1-23-10-9-13-28(24(23)2)34-18-20-35(21-19-34)30(38)27-22-33-37(26-11-7-6-8-12-26)29(27)25-14-16-36(17-15-25)31(39)40-32(3,4)5/h6-13,22,25H,14-21H2,1-5H3. The predicted octanol–water partition coefficient (Wildman–Crippen LogP) is 5.57. The number of piperazine rings is 1. The zero-order valence-corrected chi connectivity index (χ0v) is 24.4. The molecule has 0 bridgehead atoms. The number of aromatic nitrogens is 2. The van der Waals surface area contributed by atoms with Crippen LogP contribution in [-0.4, -0.2) is 76.5 Å². The molecule has 5 rings (SSSR count). The Kier molecular flexibility index (Phi) is 7.88. The Morgan fingerprint density at radius 2 is 1.52 bits per heavy atom. The summed E-state index contributed by atoms with van der Waals surface area (Å²) >= 11 is 0. The van der Waals surface area contributed by atoms with Crippen LogP contribution >= 0.6 is 0 Å². The van der Waals surface area contributed by atoms with Crippen LogP contribution in [0.1, 0.15) is 66.7 Å². The van der Waals surface area contributed by atoms with Crippen LogP contribution in [0, 0.1) is 13.8 Å². The third kappa shape index (κ3) is 5.86. The normalized spacial score (nSPS) is 16.8. The van der Waals surface area contributed by atoms with Crippen molar-refractivity contribution in [3.05, 3.63) is 77.1 Å². The van der Waals surface area contributed by atoms with E-state index < -0.39 is 5.60 Å². The zero-order chi connectivity index (χ0) is 28.4. The molecule has 0 N–H and O–H groups in total. The molecule has 0 atom stereocenters. The van der Waals surface area contributed by atoms with E-state index in [1.165, 1.54) is 16.8 Å². The molecule has 2 fully saturated rings. The lowest BCUT2D eigenvalue weighted by atomic mass is 9.90. The highest BCUT2D eigenvalue weighted by atomic mass is 16.6. The Balaban J connectivity index is 1.35. The highest BCUT2D eigenvalue weighted by Crippen LogP contribution is 2.34. The van der Waals surface area contributed by atoms with E-state index in [0.717, 1.165) is 37.3 Å². The molecule has 1 aromatic heterocycles. The monoisotopic (exact) mass is 543 g/mol. The minimum absolute atomic E-state index is 0.0346. The maximum atomic E-state index is 14.0. The van der Waals surface area contributed by atoms with E-state index in [0.29, 0.717) is 31.7 Å². The van der Waals surface area contributed by atoms with Gasteiger partial charge in [-0.15, -0.1) is 0 Å². The summed E-state index contributed by atoms with van der Waals surface area (Å²) in [5.74, 6) is 0.143. The minimum Gasteiger partial charge on any atom is -0.444 e. The molecular weight excluding hydrogens is 502 g/mol. The van der Waals surface area contributed by atoms with Crippen molar-refractivity contribution >= 4 is 17.7 Å². The van der Waals surface area contributed by atoms with E-state index in [1.807, 2.05) is 60.7 Å². The van der Waals surface area contributed by atoms with Gasteiger partial charge in [-0.2, -0.15) is 5.10 Å². The second-order valence-electron chi connectivity index (χ2n) is 11.9. The molecule has 3 heterocycles. The van der Waals surface area contributed by atoms with Gasteiger partial charge in [-0.05, 0) is 76.8 Å². The number of amides is 2. The number of benzene rings is 2. The van der Waals surface area contributed by atoms with E-state index in [2.05, 4.69) is 36.9 Å². The van der Waals surface area contributed by atoms with Gasteiger partial charge in [0.15, 0.2) is 0 Å². The number of piperidine rings is 1. The fraction of sp³-hybridized carbons (Fsp3) is 0.469. The molecule has 0 saturated carbocycles. The molecule has 40 heavy (non-hydrogen) atoms. The zero-order valence-electron chi connectivity index (χ0n) is 24.4. The summed E-state index contributed by atoms with van der Waals surface area (Å²) in [6.45, 7) is 14.1. The van der Waals surface area contributed by atoms with Crippen LogP contribution in [0.3, 0.4) is 0 Å². The van der Waals surface area contributed by atoms with Gasteiger partial charge in [-0.1, -0.05) is 30.3 Å². The van der Waals surface area contributed by atoms with Crippen molar-refractivity contribution in [3.8, 4) is 5.69 Å². The molecule has 0 spiro atoms. The molecular formula is C32H41N5O3. The summed E-state index contributed by atoms with van der Waals surface area (Å²) in [7, 11) is 0. The third-order valence-corrected chi connectivity index (χ3v) is 8.05. The minimum atomic E-state index is -0.526. The van der Waals surface area contributed by atoms with Gasteiger partial charge < -0.3 is 19.4 Å². The lowest BCUT2D eigenvalue weighted by Crippen LogP contribution is -2.49. The molecule has 2 amide bonds. The van der Waals surface area contributed by atoms with Gasteiger partial charge in [0, 0.05) is 50.9 Å². The molecule has 0 aliphatic carbocycles. The number of likely N-dealkylation sites (tertiary alicyclic amines) is 1. The van der Waals surface area contributed by atoms with Crippen molar-refractivity contribution < 1.29 is 14.3 Å². The third-order valence-electron chi connectivity index (χ3n) is 8.05. The smallest absolute Gasteiger partial charge is 0.410 e. The number of nitrogens with zero attached hydrogens (tertiary/aromatic N) is 5. The van der Waals surface area contributed by atoms with E-state index in [4.69, 9.17) is 9.84 Å². The van der Waals surface area contributed by atoms with Gasteiger partial charge in [0.05, 0.1) is 23.1 Å². The average molecular weight is 544 g/mol. The predicted molar refractivity (Wildman–Crippen MR) is 157 cm³/mol. The first-order valence-corrected chi connectivity index (χ1v) is 14.3. The molecule has 0 radical (unpaired) electrons. The SMILES string of the molecule is Cc1cccc(N2CCN(C(=O)c3cnn(-c4ccccc4)c3C3CCN(C(=O)OC(C)(C)C)CC3)CC2)c1C. The molecule has 8 nitrogen and oxygen atoms in total. The van der Waals surface area contributed by atoms with Crippen LogP contribution in [0.15, 0.2) is 54.7 Å². The second-order valence-corrected chi connectivity index (χ2v) is 11.9. The number of carbonyl (C=O) groups is 2. The number of para-hydroxylation sites is 1. The molecule has 2 aliphatic heterocycles. The summed E-state index contributed by atoms with van der Waals surface area (Å²) in [6, 6.07) is 16.4. The van der Waals surface area contributed by atoms with Crippen molar-refractivity contribution in [1.82, 2.24) is 19.6 Å². The van der Waals surface area contributed by atoms with Crippen LogP contribution in [0.5, 0.6) is 0 Å². The van der Waals surface area contributed by atoms with Crippen molar-refractivity contribution in [2.75, 3.05) is 44.2 Å². The van der Waals surface area contributed by atoms with Crippen molar-refractivity contribution in [2.45, 2.75) is 59.0 Å². The van der Waals surface area contributed by atoms with E-state index in [1.54, 1.807) is 11.1 Å². The lowest BCUT2D eigenvalue weighted by Gasteiger charge is -2.37. The maximum Gasteiger partial charge on any atom is 0.410 e. The molecule has 2 aliphatic rings. The number of aryl methyl sites for hydroxylation is 1. The van der Waals surface area contributed by atoms with E-state index >= 15 is 0 Å². The highest BCUT2D eigenvalue weighted by molar-refractivity contribution is 5.95. The van der Waals surface area contributed by atoms with Crippen LogP contribution in [0.4, 0.5) is 10.5 Å². The van der Waals surface area contributed by atoms with Gasteiger partial charge in [-0.3, -0.25) is 4.79 Å². The number of hydrogen-bond acceptors (Lipinski definition) is 5. The Morgan fingerprint density at radius 3 is 2.17 bits per heavy atom. The molecule has 0 unspecified atom stereocenters. The molecule has 3 aromatic rings. The fourth-order valence-electron chi connectivity index (χ4n) is 5.75. The topological polar surface area (TPSA) is 70.9 Å². The number of anilines is 1. The van der Waals surface area contributed by atoms with Crippen LogP contribution in [0.2, 0.25) is 0 Å². The largest absolute Gasteiger partial charge is 0.444 e. The Labute approximate surface area is 237 Å². The highest BCUT2D eigenvalue weighted by Gasteiger charge is 2.34. The van der Waals surface area contributed by atoms with Gasteiger partial charge in [0.1, 0.15) is 5.60 Å². The summed E-state index contributed by atoms with van der Waals surface area (Å²) < 4.78 is 7.52. The fourth-order valence-corrected chi connectivity index (χ4v) is 5.75. The average Bonchev–Trinajstić information content (AvgIpc) is 3.39. The van der Waals surface area contributed by atoms with Gasteiger partial charge in [0.25, 0.3) is 5.91 Å². The first-order chi connectivity index (χ1) is 19.1. The van der Waals surface area contributed by atoms with E-state index in [9.17, 15) is 9.59 Å². The van der Waals surface area contributed by atoms with Crippen LogP contribution < -0.4 is 4.90 Å². The quantitative estimate of drug-likeness (QED) is 0.431. The first-order valence-electron chi connectivity index (χ1n) is 14.3. The van der Waals surface area contributed by atoms with Crippen molar-refractivity contribution in [3.63, 3.8) is 0 Å². The van der Waals surface area contributed by atoms with Crippen molar-refractivity contribution in [2.24, 2.45) is 0 Å². The Hall–Kier alpha value is -3.81. The molecule has 2 saturated heterocycles. The number of rotatable bonds is 4. The first kappa shape index (κ1) is 27.7. The maximum absolute atomic E-state index is 14.0. The van der Waals surface area contributed by atoms with Gasteiger partial charge in [-0.25, -0.2) is 9.48 Å². The van der Waals surface area contributed by atoms with Gasteiger partial charge >= 0.3 is 6.09 Å². The van der Waals surface area contributed by atoms with Gasteiger partial charge in [0.2, 0.25) is 0 Å². The number of carbonyl (C=O) groups excluding carboxylic acids is 2. The van der Waals surface area contributed by atoms with Crippen LogP contribution in [-0.2, 0) is 4.74 Å². The van der Waals surface area contributed by atoms with E-state index in [-0.39, 0.29) is 17.9 Å². The number of hydrogen-bond donors (Lipinski definition) is 0. The summed E-state index contributed by atoms with van der Waals surface area (Å²) in [6.07, 6.45) is 2.96. The molecule has 212 valence electrons. The number of ether oxygens (including phenoxy) is 1. The Morgan fingerprint density at radius 1 is 0.850 bits per heavy atom. The van der Waals surface area contributed by atoms with Crippen molar-refractivity contribution in [1.29, 1.82) is 0 Å². The summed E-state index contributed by atoms with van der Waals surface area (Å²) in [4.78, 5) is 32.8. The summed E-state index contributed by atoms with van der Waals surface area (Å²) in [5, 5.41) is 4.72. The molecule has 2 aromatic carbocycles. The Bertz CT molecular complexity index is 1340. The second kappa shape index (κ2) is 11.4. The van der Waals surface area contributed by atoms with Crippen LogP contribution in [0.25, 0.3) is 5.69 Å². The molecule has 8 heteroatoms.